The molecular weight excluding hydrogens is 148 g/mol. The van der Waals surface area contributed by atoms with Crippen molar-refractivity contribution >= 4 is 16.8 Å². The number of carbonyl (C=O) groups excluding carboxylic acids is 1. The molecule has 0 heterocycles. The molecule has 0 N–H and O–H groups in total. The molecule has 0 aromatic rings. The molecule has 10 heavy (non-hydrogen) atoms. The molecule has 1 rings (SSSR count). The highest BCUT2D eigenvalue weighted by atomic mass is 35.5. The average molecular weight is 157 g/mol. The van der Waals surface area contributed by atoms with Gasteiger partial charge in [0.25, 0.3) is 0 Å². The number of carbonyl (C=O) groups is 1. The molecule has 0 bridgehead atoms. The van der Waals surface area contributed by atoms with E-state index >= 15 is 0 Å². The van der Waals surface area contributed by atoms with E-state index in [1.165, 1.54) is 0 Å². The topological polar surface area (TPSA) is 17.1 Å². The minimum Gasteiger partial charge on any atom is -0.280 e. The van der Waals surface area contributed by atoms with Crippen LogP contribution in [-0.2, 0) is 4.79 Å². The summed E-state index contributed by atoms with van der Waals surface area (Å²) in [4.78, 5) is 10.7. The minimum absolute atomic E-state index is 0.171. The van der Waals surface area contributed by atoms with Crippen LogP contribution in [0.25, 0.3) is 0 Å². The number of hydrogen-bond acceptors (Lipinski definition) is 1. The van der Waals surface area contributed by atoms with Gasteiger partial charge < -0.3 is 0 Å². The van der Waals surface area contributed by atoms with Crippen LogP contribution in [0.2, 0.25) is 0 Å². The van der Waals surface area contributed by atoms with Gasteiger partial charge >= 0.3 is 0 Å². The molecule has 1 aliphatic carbocycles. The van der Waals surface area contributed by atoms with Crippen molar-refractivity contribution in [2.24, 2.45) is 5.92 Å². The maximum atomic E-state index is 10.7. The second kappa shape index (κ2) is 3.02. The molecule has 1 atom stereocenters. The van der Waals surface area contributed by atoms with E-state index in [0.717, 1.165) is 12.0 Å². The van der Waals surface area contributed by atoms with Crippen molar-refractivity contribution in [2.45, 2.75) is 13.3 Å². The number of allylic oxidation sites excluding steroid dienone is 4. The van der Waals surface area contributed by atoms with Crippen LogP contribution in [-0.4, -0.2) is 5.24 Å². The van der Waals surface area contributed by atoms with Gasteiger partial charge in [0.2, 0.25) is 5.24 Å². The standard InChI is InChI=1S/C8H9ClO/c1-6-4-2-3-5-7(6)8(9)10/h3-5,7H,2H2,1H3. The zero-order valence-electron chi connectivity index (χ0n) is 5.80. The molecular formula is C8H9ClO. The molecule has 1 aliphatic rings. The predicted molar refractivity (Wildman–Crippen MR) is 41.9 cm³/mol. The third-order valence-corrected chi connectivity index (χ3v) is 1.87. The Labute approximate surface area is 65.4 Å². The summed E-state index contributed by atoms with van der Waals surface area (Å²) in [6, 6.07) is 0. The zero-order valence-corrected chi connectivity index (χ0v) is 6.56. The molecule has 0 aliphatic heterocycles. The van der Waals surface area contributed by atoms with Crippen LogP contribution >= 0.6 is 11.6 Å². The predicted octanol–water partition coefficient (Wildman–Crippen LogP) is 2.27. The molecule has 0 radical (unpaired) electrons. The van der Waals surface area contributed by atoms with E-state index in [1.807, 2.05) is 25.2 Å². The first-order valence-electron chi connectivity index (χ1n) is 3.24. The van der Waals surface area contributed by atoms with E-state index in [0.29, 0.717) is 0 Å². The van der Waals surface area contributed by atoms with Gasteiger partial charge in [-0.2, -0.15) is 0 Å². The fourth-order valence-corrected chi connectivity index (χ4v) is 1.25. The van der Waals surface area contributed by atoms with Gasteiger partial charge in [-0.3, -0.25) is 4.79 Å². The molecule has 1 unspecified atom stereocenters. The van der Waals surface area contributed by atoms with E-state index < -0.39 is 0 Å². The van der Waals surface area contributed by atoms with Crippen LogP contribution in [0.4, 0.5) is 0 Å². The maximum absolute atomic E-state index is 10.7. The second-order valence-electron chi connectivity index (χ2n) is 2.39. The Morgan fingerprint density at radius 2 is 2.50 bits per heavy atom. The Balaban J connectivity index is 2.75. The molecule has 0 aromatic carbocycles. The Hall–Kier alpha value is -0.560. The van der Waals surface area contributed by atoms with Gasteiger partial charge in [-0.25, -0.2) is 0 Å². The van der Waals surface area contributed by atoms with Crippen LogP contribution < -0.4 is 0 Å². The molecule has 0 amide bonds. The van der Waals surface area contributed by atoms with E-state index in [4.69, 9.17) is 11.6 Å². The monoisotopic (exact) mass is 156 g/mol. The highest BCUT2D eigenvalue weighted by Crippen LogP contribution is 2.20. The summed E-state index contributed by atoms with van der Waals surface area (Å²) in [5.74, 6) is -0.171. The summed E-state index contributed by atoms with van der Waals surface area (Å²) in [7, 11) is 0. The van der Waals surface area contributed by atoms with Gasteiger partial charge in [0, 0.05) is 0 Å². The zero-order chi connectivity index (χ0) is 7.56. The van der Waals surface area contributed by atoms with Gasteiger partial charge in [0.1, 0.15) is 0 Å². The third kappa shape index (κ3) is 1.48. The van der Waals surface area contributed by atoms with Crippen LogP contribution in [0.3, 0.4) is 0 Å². The smallest absolute Gasteiger partial charge is 0.232 e. The lowest BCUT2D eigenvalue weighted by atomic mass is 9.96. The van der Waals surface area contributed by atoms with Crippen molar-refractivity contribution in [1.82, 2.24) is 0 Å². The van der Waals surface area contributed by atoms with Crippen molar-refractivity contribution in [3.63, 3.8) is 0 Å². The molecule has 0 spiro atoms. The van der Waals surface area contributed by atoms with Gasteiger partial charge in [-0.05, 0) is 24.9 Å². The molecule has 0 aromatic heterocycles. The normalized spacial score (nSPS) is 24.2. The lowest BCUT2D eigenvalue weighted by Gasteiger charge is -2.11. The Morgan fingerprint density at radius 3 is 2.90 bits per heavy atom. The first kappa shape index (κ1) is 7.55. The van der Waals surface area contributed by atoms with Crippen LogP contribution in [0, 0.1) is 5.92 Å². The van der Waals surface area contributed by atoms with Crippen molar-refractivity contribution in [1.29, 1.82) is 0 Å². The van der Waals surface area contributed by atoms with Gasteiger partial charge in [-0.1, -0.05) is 23.8 Å². The third-order valence-electron chi connectivity index (χ3n) is 1.64. The Kier molecular flexibility index (Phi) is 2.28. The minimum atomic E-state index is -0.287. The summed E-state index contributed by atoms with van der Waals surface area (Å²) in [5, 5.41) is -0.287. The number of halogens is 1. The molecule has 0 saturated heterocycles. The number of rotatable bonds is 1. The van der Waals surface area contributed by atoms with Crippen molar-refractivity contribution in [3.8, 4) is 0 Å². The highest BCUT2D eigenvalue weighted by molar-refractivity contribution is 6.64. The Morgan fingerprint density at radius 1 is 1.80 bits per heavy atom. The summed E-state index contributed by atoms with van der Waals surface area (Å²) < 4.78 is 0. The first-order valence-corrected chi connectivity index (χ1v) is 3.62. The summed E-state index contributed by atoms with van der Waals surface area (Å²) in [5.41, 5.74) is 1.06. The molecule has 0 saturated carbocycles. The fourth-order valence-electron chi connectivity index (χ4n) is 1.00. The van der Waals surface area contributed by atoms with Crippen LogP contribution in [0.15, 0.2) is 23.8 Å². The van der Waals surface area contributed by atoms with Gasteiger partial charge in [-0.15, -0.1) is 0 Å². The maximum Gasteiger partial charge on any atom is 0.232 e. The molecule has 2 heteroatoms. The number of hydrogen-bond donors (Lipinski definition) is 0. The van der Waals surface area contributed by atoms with E-state index in [-0.39, 0.29) is 11.2 Å². The van der Waals surface area contributed by atoms with E-state index in [9.17, 15) is 4.79 Å². The van der Waals surface area contributed by atoms with Crippen LogP contribution in [0.5, 0.6) is 0 Å². The summed E-state index contributed by atoms with van der Waals surface area (Å²) in [6.07, 6.45) is 6.75. The second-order valence-corrected chi connectivity index (χ2v) is 2.77. The van der Waals surface area contributed by atoms with Crippen molar-refractivity contribution in [2.75, 3.05) is 0 Å². The quantitative estimate of drug-likeness (QED) is 0.421. The summed E-state index contributed by atoms with van der Waals surface area (Å²) in [6.45, 7) is 1.93. The van der Waals surface area contributed by atoms with E-state index in [2.05, 4.69) is 0 Å². The lowest BCUT2D eigenvalue weighted by molar-refractivity contribution is -0.113. The average Bonchev–Trinajstić information content (AvgIpc) is 1.88. The van der Waals surface area contributed by atoms with Gasteiger partial charge in [0.15, 0.2) is 0 Å². The van der Waals surface area contributed by atoms with Crippen molar-refractivity contribution in [3.05, 3.63) is 23.8 Å². The fraction of sp³-hybridized carbons (Fsp3) is 0.375. The SMILES string of the molecule is CC1=CCC=CC1C(=O)Cl. The Bertz CT molecular complexity index is 203. The lowest BCUT2D eigenvalue weighted by Crippen LogP contribution is -2.08. The summed E-state index contributed by atoms with van der Waals surface area (Å²) >= 11 is 5.32. The largest absolute Gasteiger partial charge is 0.280 e. The van der Waals surface area contributed by atoms with Gasteiger partial charge in [0.05, 0.1) is 5.92 Å². The van der Waals surface area contributed by atoms with Crippen LogP contribution in [0.1, 0.15) is 13.3 Å². The molecule has 1 nitrogen and oxygen atoms in total. The van der Waals surface area contributed by atoms with Crippen molar-refractivity contribution < 1.29 is 4.79 Å². The molecule has 0 fully saturated rings. The molecule has 54 valence electrons. The first-order chi connectivity index (χ1) is 4.72. The highest BCUT2D eigenvalue weighted by Gasteiger charge is 2.15. The van der Waals surface area contributed by atoms with E-state index in [1.54, 1.807) is 0 Å².